The second kappa shape index (κ2) is 8.43. The number of anilines is 1. The van der Waals surface area contributed by atoms with Gasteiger partial charge >= 0.3 is 0 Å². The second-order valence-electron chi connectivity index (χ2n) is 7.70. The van der Waals surface area contributed by atoms with E-state index in [9.17, 15) is 22.0 Å². The molecule has 0 atom stereocenters. The van der Waals surface area contributed by atoms with E-state index in [0.29, 0.717) is 22.2 Å². The van der Waals surface area contributed by atoms with E-state index < -0.39 is 23.0 Å². The van der Waals surface area contributed by atoms with Gasteiger partial charge in [-0.15, -0.1) is 0 Å². The number of halogens is 3. The average Bonchev–Trinajstić information content (AvgIpc) is 3.51. The molecule has 1 aromatic heterocycles. The molecule has 2 aromatic carbocycles. The maximum atomic E-state index is 13.3. The number of fused-ring (bicyclic) bond motifs is 1. The Morgan fingerprint density at radius 1 is 1.28 bits per heavy atom. The van der Waals surface area contributed by atoms with Crippen molar-refractivity contribution in [2.24, 2.45) is 0 Å². The Bertz CT molecular complexity index is 1290. The summed E-state index contributed by atoms with van der Waals surface area (Å²) >= 11 is 3.38. The van der Waals surface area contributed by atoms with Crippen LogP contribution in [0.3, 0.4) is 0 Å². The molecule has 4 rings (SSSR count). The van der Waals surface area contributed by atoms with Gasteiger partial charge < -0.3 is 5.32 Å². The minimum absolute atomic E-state index is 0.0462. The quantitative estimate of drug-likeness (QED) is 0.503. The van der Waals surface area contributed by atoms with E-state index in [1.54, 1.807) is 18.2 Å². The lowest BCUT2D eigenvalue weighted by Crippen LogP contribution is -2.35. The van der Waals surface area contributed by atoms with Gasteiger partial charge in [0.05, 0.1) is 29.7 Å². The zero-order chi connectivity index (χ0) is 23.2. The molecule has 1 heterocycles. The molecule has 1 aliphatic carbocycles. The van der Waals surface area contributed by atoms with Crippen LogP contribution in [0.5, 0.6) is 0 Å². The van der Waals surface area contributed by atoms with Crippen LogP contribution < -0.4 is 9.62 Å². The predicted molar refractivity (Wildman–Crippen MR) is 122 cm³/mol. The number of aromatic nitrogens is 2. The number of amides is 1. The number of alkyl halides is 2. The summed E-state index contributed by atoms with van der Waals surface area (Å²) < 4.78 is 54.3. The SMILES string of the molecule is CNC(=O)c1c2cc(C3CC3)c(N(CC(F)F)S(C)(=O)=O)cc2nn1-c1ccc(Br)cc1. The smallest absolute Gasteiger partial charge is 0.270 e. The molecule has 0 aliphatic heterocycles. The summed E-state index contributed by atoms with van der Waals surface area (Å²) in [5.74, 6) is -0.317. The van der Waals surface area contributed by atoms with Gasteiger partial charge in [0.1, 0.15) is 5.69 Å². The molecule has 1 amide bonds. The Hall–Kier alpha value is -2.53. The molecular formula is C21H21BrF2N4O3S. The van der Waals surface area contributed by atoms with Gasteiger partial charge in [0, 0.05) is 16.9 Å². The molecule has 0 saturated heterocycles. The molecule has 1 N–H and O–H groups in total. The second-order valence-corrected chi connectivity index (χ2v) is 10.5. The van der Waals surface area contributed by atoms with Crippen LogP contribution in [0.2, 0.25) is 0 Å². The fraction of sp³-hybridized carbons (Fsp3) is 0.333. The molecule has 32 heavy (non-hydrogen) atoms. The maximum absolute atomic E-state index is 13.3. The minimum Gasteiger partial charge on any atom is -0.354 e. The van der Waals surface area contributed by atoms with E-state index in [1.165, 1.54) is 17.8 Å². The zero-order valence-electron chi connectivity index (χ0n) is 17.3. The first-order chi connectivity index (χ1) is 15.1. The summed E-state index contributed by atoms with van der Waals surface area (Å²) in [5.41, 5.74) is 2.08. The van der Waals surface area contributed by atoms with Crippen LogP contribution in [-0.4, -0.2) is 50.4 Å². The lowest BCUT2D eigenvalue weighted by atomic mass is 10.0. The fourth-order valence-electron chi connectivity index (χ4n) is 3.72. The summed E-state index contributed by atoms with van der Waals surface area (Å²) in [6, 6.07) is 10.4. The molecular weight excluding hydrogens is 506 g/mol. The van der Waals surface area contributed by atoms with Gasteiger partial charge in [-0.25, -0.2) is 21.9 Å². The zero-order valence-corrected chi connectivity index (χ0v) is 19.8. The van der Waals surface area contributed by atoms with E-state index in [-0.39, 0.29) is 23.2 Å². The largest absolute Gasteiger partial charge is 0.354 e. The molecule has 0 radical (unpaired) electrons. The first-order valence-electron chi connectivity index (χ1n) is 9.90. The predicted octanol–water partition coefficient (Wildman–Crippen LogP) is 4.06. The molecule has 3 aromatic rings. The molecule has 0 bridgehead atoms. The first kappa shape index (κ1) is 22.7. The van der Waals surface area contributed by atoms with Crippen LogP contribution in [0.1, 0.15) is 34.8 Å². The monoisotopic (exact) mass is 526 g/mol. The van der Waals surface area contributed by atoms with Crippen LogP contribution in [-0.2, 0) is 10.0 Å². The molecule has 11 heteroatoms. The Morgan fingerprint density at radius 2 is 1.94 bits per heavy atom. The molecule has 1 saturated carbocycles. The number of benzene rings is 2. The lowest BCUT2D eigenvalue weighted by molar-refractivity contribution is 0.0957. The summed E-state index contributed by atoms with van der Waals surface area (Å²) in [5, 5.41) is 7.69. The maximum Gasteiger partial charge on any atom is 0.270 e. The highest BCUT2D eigenvalue weighted by Crippen LogP contribution is 2.46. The van der Waals surface area contributed by atoms with Gasteiger partial charge in [-0.3, -0.25) is 9.10 Å². The van der Waals surface area contributed by atoms with E-state index >= 15 is 0 Å². The van der Waals surface area contributed by atoms with E-state index in [4.69, 9.17) is 0 Å². The lowest BCUT2D eigenvalue weighted by Gasteiger charge is -2.24. The third-order valence-electron chi connectivity index (χ3n) is 5.32. The van der Waals surface area contributed by atoms with Crippen molar-refractivity contribution in [3.63, 3.8) is 0 Å². The van der Waals surface area contributed by atoms with Gasteiger partial charge in [0.15, 0.2) is 0 Å². The number of rotatable bonds is 7. The summed E-state index contributed by atoms with van der Waals surface area (Å²) in [6.45, 7) is -0.945. The van der Waals surface area contributed by atoms with Crippen LogP contribution in [0.15, 0.2) is 40.9 Å². The molecule has 7 nitrogen and oxygen atoms in total. The molecule has 0 spiro atoms. The topological polar surface area (TPSA) is 84.3 Å². The fourth-order valence-corrected chi connectivity index (χ4v) is 4.88. The normalized spacial score (nSPS) is 14.2. The van der Waals surface area contributed by atoms with Gasteiger partial charge in [-0.1, -0.05) is 15.9 Å². The highest BCUT2D eigenvalue weighted by atomic mass is 79.9. The van der Waals surface area contributed by atoms with Crippen molar-refractivity contribution in [2.45, 2.75) is 25.2 Å². The number of carbonyl (C=O) groups is 1. The van der Waals surface area contributed by atoms with Crippen LogP contribution >= 0.6 is 15.9 Å². The summed E-state index contributed by atoms with van der Waals surface area (Å²) in [7, 11) is -2.45. The van der Waals surface area contributed by atoms with Crippen molar-refractivity contribution in [2.75, 3.05) is 24.2 Å². The van der Waals surface area contributed by atoms with Crippen molar-refractivity contribution in [1.29, 1.82) is 0 Å². The van der Waals surface area contributed by atoms with Crippen LogP contribution in [0.25, 0.3) is 16.6 Å². The van der Waals surface area contributed by atoms with Gasteiger partial charge in [0.2, 0.25) is 10.0 Å². The van der Waals surface area contributed by atoms with Gasteiger partial charge in [-0.05, 0) is 60.7 Å². The van der Waals surface area contributed by atoms with E-state index in [0.717, 1.165) is 27.9 Å². The van der Waals surface area contributed by atoms with E-state index in [2.05, 4.69) is 26.3 Å². The Morgan fingerprint density at radius 3 is 2.47 bits per heavy atom. The standard InChI is InChI=1S/C21H21BrF2N4O3S/c1-25-21(29)20-16-9-15(12-3-4-12)18(27(11-19(23)24)32(2,30)31)10-17(16)26-28(20)14-7-5-13(22)6-8-14/h5-10,12,19H,3-4,11H2,1-2H3,(H,25,29). The number of nitrogens with one attached hydrogen (secondary N) is 1. The van der Waals surface area contributed by atoms with Crippen molar-refractivity contribution >= 4 is 48.5 Å². The third-order valence-corrected chi connectivity index (χ3v) is 7.00. The Balaban J connectivity index is 1.99. The van der Waals surface area contributed by atoms with Crippen molar-refractivity contribution in [3.8, 4) is 5.69 Å². The van der Waals surface area contributed by atoms with Crippen LogP contribution in [0.4, 0.5) is 14.5 Å². The Kier molecular flexibility index (Phi) is 5.97. The van der Waals surface area contributed by atoms with Crippen molar-refractivity contribution in [1.82, 2.24) is 15.1 Å². The minimum atomic E-state index is -3.96. The first-order valence-corrected chi connectivity index (χ1v) is 12.5. The number of hydrogen-bond acceptors (Lipinski definition) is 4. The van der Waals surface area contributed by atoms with Crippen molar-refractivity contribution in [3.05, 3.63) is 52.1 Å². The average molecular weight is 527 g/mol. The van der Waals surface area contributed by atoms with Crippen molar-refractivity contribution < 1.29 is 22.0 Å². The van der Waals surface area contributed by atoms with Crippen LogP contribution in [0, 0.1) is 0 Å². The van der Waals surface area contributed by atoms with Gasteiger partial charge in [-0.2, -0.15) is 5.10 Å². The molecule has 1 fully saturated rings. The number of carbonyl (C=O) groups excluding carboxylic acids is 1. The third kappa shape index (κ3) is 4.36. The number of hydrogen-bond donors (Lipinski definition) is 1. The summed E-state index contributed by atoms with van der Waals surface area (Å²) in [6.07, 6.45) is -0.289. The Labute approximate surface area is 192 Å². The summed E-state index contributed by atoms with van der Waals surface area (Å²) in [4.78, 5) is 12.8. The molecule has 1 aliphatic rings. The molecule has 170 valence electrons. The molecule has 0 unspecified atom stereocenters. The number of sulfonamides is 1. The highest BCUT2D eigenvalue weighted by molar-refractivity contribution is 9.10. The van der Waals surface area contributed by atoms with E-state index in [1.807, 2.05) is 12.1 Å². The number of nitrogens with zero attached hydrogens (tertiary/aromatic N) is 3. The highest BCUT2D eigenvalue weighted by Gasteiger charge is 2.33. The van der Waals surface area contributed by atoms with Gasteiger partial charge in [0.25, 0.3) is 12.3 Å².